The van der Waals surface area contributed by atoms with E-state index >= 15 is 0 Å². The van der Waals surface area contributed by atoms with Crippen molar-refractivity contribution in [3.63, 3.8) is 0 Å². The van der Waals surface area contributed by atoms with Gasteiger partial charge in [0.25, 0.3) is 0 Å². The number of aromatic nitrogens is 4. The Morgan fingerprint density at radius 1 is 1.27 bits per heavy atom. The fourth-order valence-electron chi connectivity index (χ4n) is 2.27. The Bertz CT molecular complexity index is 901. The van der Waals surface area contributed by atoms with Gasteiger partial charge >= 0.3 is 0 Å². The van der Waals surface area contributed by atoms with Crippen molar-refractivity contribution in [1.82, 2.24) is 24.8 Å². The van der Waals surface area contributed by atoms with E-state index in [9.17, 15) is 9.18 Å². The summed E-state index contributed by atoms with van der Waals surface area (Å²) >= 11 is 1.17. The third-order valence-corrected chi connectivity index (χ3v) is 4.63. The van der Waals surface area contributed by atoms with Crippen LogP contribution < -0.4 is 5.84 Å². The number of hydrogen-bond acceptors (Lipinski definition) is 6. The molecule has 0 saturated carbocycles. The minimum atomic E-state index is -0.331. The normalized spacial score (nSPS) is 10.7. The van der Waals surface area contributed by atoms with Crippen molar-refractivity contribution in [2.24, 2.45) is 0 Å². The minimum absolute atomic E-state index is 0.118. The molecule has 0 bridgehead atoms. The molecule has 0 spiro atoms. The molecule has 0 radical (unpaired) electrons. The van der Waals surface area contributed by atoms with Crippen LogP contribution in [0.25, 0.3) is 11.4 Å². The predicted molar refractivity (Wildman–Crippen MR) is 97.0 cm³/mol. The van der Waals surface area contributed by atoms with Crippen molar-refractivity contribution in [1.29, 1.82) is 0 Å². The number of nitrogens with two attached hydrogens (primary N) is 1. The highest BCUT2D eigenvalue weighted by Gasteiger charge is 2.16. The third-order valence-electron chi connectivity index (χ3n) is 3.70. The summed E-state index contributed by atoms with van der Waals surface area (Å²) in [6, 6.07) is 9.98. The highest BCUT2D eigenvalue weighted by Crippen LogP contribution is 2.21. The number of thioether (sulfide) groups is 1. The van der Waals surface area contributed by atoms with Gasteiger partial charge in [-0.3, -0.25) is 9.78 Å². The summed E-state index contributed by atoms with van der Waals surface area (Å²) in [4.78, 5) is 17.8. The summed E-state index contributed by atoms with van der Waals surface area (Å²) < 4.78 is 15.0. The van der Waals surface area contributed by atoms with Crippen molar-refractivity contribution in [2.45, 2.75) is 11.7 Å². The van der Waals surface area contributed by atoms with Gasteiger partial charge in [-0.1, -0.05) is 30.0 Å². The van der Waals surface area contributed by atoms with Crippen LogP contribution in [0, 0.1) is 5.82 Å². The Kier molecular flexibility index (Phi) is 5.47. The lowest BCUT2D eigenvalue weighted by Gasteiger charge is -2.17. The van der Waals surface area contributed by atoms with Gasteiger partial charge in [0.1, 0.15) is 5.82 Å². The smallest absolute Gasteiger partial charge is 0.233 e. The second kappa shape index (κ2) is 7.96. The molecule has 3 rings (SSSR count). The molecule has 2 N–H and O–H groups in total. The minimum Gasteiger partial charge on any atom is -0.341 e. The number of rotatable bonds is 6. The lowest BCUT2D eigenvalue weighted by molar-refractivity contribution is -0.127. The van der Waals surface area contributed by atoms with Gasteiger partial charge in [0.15, 0.2) is 5.82 Å². The zero-order valence-corrected chi connectivity index (χ0v) is 14.9. The quantitative estimate of drug-likeness (QED) is 0.525. The summed E-state index contributed by atoms with van der Waals surface area (Å²) in [5.41, 5.74) is 1.20. The van der Waals surface area contributed by atoms with Gasteiger partial charge in [-0.15, -0.1) is 10.2 Å². The first-order valence-corrected chi connectivity index (χ1v) is 8.76. The lowest BCUT2D eigenvalue weighted by Crippen LogP contribution is -2.28. The molecule has 0 fully saturated rings. The van der Waals surface area contributed by atoms with Gasteiger partial charge in [0.05, 0.1) is 5.75 Å². The standard InChI is InChI=1S/C17H17FN6OS/c1-23(10-13-5-2-3-7-14(13)18)15(25)11-26-17-22-21-16(24(17)19)12-6-4-8-20-9-12/h2-9H,10-11,19H2,1H3. The summed E-state index contributed by atoms with van der Waals surface area (Å²) in [5, 5.41) is 8.47. The molecule has 3 aromatic rings. The number of halogens is 1. The zero-order chi connectivity index (χ0) is 18.5. The first-order chi connectivity index (χ1) is 12.6. The molecular weight excluding hydrogens is 355 g/mol. The number of benzene rings is 1. The molecule has 0 unspecified atom stereocenters. The van der Waals surface area contributed by atoms with E-state index in [0.29, 0.717) is 16.5 Å². The van der Waals surface area contributed by atoms with Crippen molar-refractivity contribution < 1.29 is 9.18 Å². The molecule has 0 aliphatic rings. The maximum Gasteiger partial charge on any atom is 0.233 e. The topological polar surface area (TPSA) is 89.9 Å². The van der Waals surface area contributed by atoms with Crippen LogP contribution in [0.15, 0.2) is 53.9 Å². The fourth-order valence-corrected chi connectivity index (χ4v) is 3.07. The third kappa shape index (κ3) is 3.99. The Hall–Kier alpha value is -2.94. The second-order valence-corrected chi connectivity index (χ2v) is 6.49. The van der Waals surface area contributed by atoms with E-state index in [2.05, 4.69) is 15.2 Å². The first-order valence-electron chi connectivity index (χ1n) is 7.77. The van der Waals surface area contributed by atoms with Crippen LogP contribution in [0.5, 0.6) is 0 Å². The Labute approximate surface area is 154 Å². The summed E-state index contributed by atoms with van der Waals surface area (Å²) in [7, 11) is 1.63. The Morgan fingerprint density at radius 3 is 2.81 bits per heavy atom. The van der Waals surface area contributed by atoms with Gasteiger partial charge in [-0.2, -0.15) is 0 Å². The molecule has 134 valence electrons. The fraction of sp³-hybridized carbons (Fsp3) is 0.176. The monoisotopic (exact) mass is 372 g/mol. The summed E-state index contributed by atoms with van der Waals surface area (Å²) in [5.74, 6) is 6.10. The van der Waals surface area contributed by atoms with Gasteiger partial charge in [-0.05, 0) is 18.2 Å². The number of amides is 1. The summed E-state index contributed by atoms with van der Waals surface area (Å²) in [6.07, 6.45) is 3.29. The second-order valence-electron chi connectivity index (χ2n) is 5.55. The van der Waals surface area contributed by atoms with Crippen molar-refractivity contribution in [3.05, 3.63) is 60.2 Å². The molecule has 1 amide bonds. The lowest BCUT2D eigenvalue weighted by atomic mass is 10.2. The van der Waals surface area contributed by atoms with E-state index in [1.165, 1.54) is 27.4 Å². The number of carbonyl (C=O) groups excluding carboxylic acids is 1. The van der Waals surface area contributed by atoms with Crippen LogP contribution in [0.1, 0.15) is 5.56 Å². The number of pyridine rings is 1. The summed E-state index contributed by atoms with van der Waals surface area (Å²) in [6.45, 7) is 0.197. The molecule has 0 saturated heterocycles. The number of nitrogen functional groups attached to an aromatic ring is 1. The molecule has 7 nitrogen and oxygen atoms in total. The molecule has 0 atom stereocenters. The van der Waals surface area contributed by atoms with E-state index in [4.69, 9.17) is 5.84 Å². The van der Waals surface area contributed by atoms with E-state index < -0.39 is 0 Å². The molecule has 0 aliphatic heterocycles. The van der Waals surface area contributed by atoms with E-state index in [1.807, 2.05) is 6.07 Å². The highest BCUT2D eigenvalue weighted by atomic mass is 32.2. The van der Waals surface area contributed by atoms with Crippen molar-refractivity contribution >= 4 is 17.7 Å². The van der Waals surface area contributed by atoms with E-state index in [0.717, 1.165) is 5.56 Å². The number of carbonyl (C=O) groups is 1. The molecule has 1 aromatic carbocycles. The van der Waals surface area contributed by atoms with E-state index in [1.54, 1.807) is 43.7 Å². The van der Waals surface area contributed by atoms with Crippen LogP contribution in [0.3, 0.4) is 0 Å². The van der Waals surface area contributed by atoms with Gasteiger partial charge in [0, 0.05) is 37.1 Å². The van der Waals surface area contributed by atoms with Gasteiger partial charge in [0.2, 0.25) is 11.1 Å². The highest BCUT2D eigenvalue weighted by molar-refractivity contribution is 7.99. The molecular formula is C17H17FN6OS. The predicted octanol–water partition coefficient (Wildman–Crippen LogP) is 1.94. The van der Waals surface area contributed by atoms with Crippen molar-refractivity contribution in [2.75, 3.05) is 18.6 Å². The average molecular weight is 372 g/mol. The molecule has 2 aromatic heterocycles. The largest absolute Gasteiger partial charge is 0.341 e. The van der Waals surface area contributed by atoms with Gasteiger partial charge in [-0.25, -0.2) is 9.07 Å². The Balaban J connectivity index is 1.61. The van der Waals surface area contributed by atoms with Crippen LogP contribution in [0.2, 0.25) is 0 Å². The van der Waals surface area contributed by atoms with Crippen LogP contribution in [-0.2, 0) is 11.3 Å². The molecule has 2 heterocycles. The van der Waals surface area contributed by atoms with Crippen LogP contribution in [-0.4, -0.2) is 43.5 Å². The van der Waals surface area contributed by atoms with Crippen LogP contribution in [0.4, 0.5) is 4.39 Å². The number of nitrogens with zero attached hydrogens (tertiary/aromatic N) is 5. The van der Waals surface area contributed by atoms with Crippen LogP contribution >= 0.6 is 11.8 Å². The molecule has 0 aliphatic carbocycles. The Morgan fingerprint density at radius 2 is 2.08 bits per heavy atom. The molecule has 26 heavy (non-hydrogen) atoms. The average Bonchev–Trinajstić information content (AvgIpc) is 3.03. The SMILES string of the molecule is CN(Cc1ccccc1F)C(=O)CSc1nnc(-c2cccnc2)n1N. The molecule has 9 heteroatoms. The maximum absolute atomic E-state index is 13.7. The zero-order valence-electron chi connectivity index (χ0n) is 14.0. The van der Waals surface area contributed by atoms with Crippen molar-refractivity contribution in [3.8, 4) is 11.4 Å². The first kappa shape index (κ1) is 17.9. The number of hydrogen-bond donors (Lipinski definition) is 1. The van der Waals surface area contributed by atoms with Gasteiger partial charge < -0.3 is 10.7 Å². The maximum atomic E-state index is 13.7. The van der Waals surface area contributed by atoms with E-state index in [-0.39, 0.29) is 24.0 Å².